The summed E-state index contributed by atoms with van der Waals surface area (Å²) in [6.45, 7) is 2.67. The summed E-state index contributed by atoms with van der Waals surface area (Å²) in [7, 11) is 0. The molecule has 2 aromatic rings. The number of nitrogens with two attached hydrogens (primary N) is 1. The van der Waals surface area contributed by atoms with E-state index in [9.17, 15) is 0 Å². The minimum absolute atomic E-state index is 0.295. The standard InChI is InChI=1S/C18H23NO/c1-15(19)6-5-9-16-10-12-18(13-11-16)20-14-17-7-3-2-4-8-17/h2-4,7-8,10-13,15H,5-6,9,14,19H2,1H3. The molecule has 2 nitrogen and oxygen atoms in total. The van der Waals surface area contributed by atoms with Gasteiger partial charge < -0.3 is 10.5 Å². The normalized spacial score (nSPS) is 12.1. The van der Waals surface area contributed by atoms with Crippen LogP contribution in [0.5, 0.6) is 5.75 Å². The monoisotopic (exact) mass is 269 g/mol. The van der Waals surface area contributed by atoms with Crippen LogP contribution in [0, 0.1) is 0 Å². The average Bonchev–Trinajstić information content (AvgIpc) is 2.47. The van der Waals surface area contributed by atoms with Crippen LogP contribution < -0.4 is 10.5 Å². The van der Waals surface area contributed by atoms with Crippen molar-refractivity contribution >= 4 is 0 Å². The second-order valence-corrected chi connectivity index (χ2v) is 5.29. The van der Waals surface area contributed by atoms with E-state index in [0.717, 1.165) is 25.0 Å². The first kappa shape index (κ1) is 14.6. The SMILES string of the molecule is CC(N)CCCc1ccc(OCc2ccccc2)cc1. The van der Waals surface area contributed by atoms with Gasteiger partial charge in [0.25, 0.3) is 0 Å². The number of aryl methyl sites for hydroxylation is 1. The molecule has 0 amide bonds. The summed E-state index contributed by atoms with van der Waals surface area (Å²) in [6.07, 6.45) is 3.30. The highest BCUT2D eigenvalue weighted by atomic mass is 16.5. The van der Waals surface area contributed by atoms with Crippen molar-refractivity contribution in [2.75, 3.05) is 0 Å². The molecule has 0 heterocycles. The minimum Gasteiger partial charge on any atom is -0.489 e. The van der Waals surface area contributed by atoms with Crippen LogP contribution in [0.2, 0.25) is 0 Å². The minimum atomic E-state index is 0.295. The smallest absolute Gasteiger partial charge is 0.119 e. The van der Waals surface area contributed by atoms with E-state index in [4.69, 9.17) is 10.5 Å². The third-order valence-electron chi connectivity index (χ3n) is 3.30. The van der Waals surface area contributed by atoms with Crippen molar-refractivity contribution in [3.8, 4) is 5.75 Å². The summed E-state index contributed by atoms with van der Waals surface area (Å²) in [5.41, 5.74) is 8.29. The zero-order valence-electron chi connectivity index (χ0n) is 12.1. The molecule has 106 valence electrons. The zero-order valence-corrected chi connectivity index (χ0v) is 12.1. The maximum absolute atomic E-state index is 5.77. The van der Waals surface area contributed by atoms with E-state index in [1.165, 1.54) is 11.1 Å². The van der Waals surface area contributed by atoms with Gasteiger partial charge in [0, 0.05) is 6.04 Å². The molecule has 0 aromatic heterocycles. The molecule has 2 aromatic carbocycles. The van der Waals surface area contributed by atoms with Crippen molar-refractivity contribution in [1.29, 1.82) is 0 Å². The second-order valence-electron chi connectivity index (χ2n) is 5.29. The lowest BCUT2D eigenvalue weighted by Crippen LogP contribution is -2.14. The first-order valence-corrected chi connectivity index (χ1v) is 7.25. The van der Waals surface area contributed by atoms with Gasteiger partial charge in [-0.05, 0) is 49.4 Å². The van der Waals surface area contributed by atoms with E-state index in [-0.39, 0.29) is 0 Å². The fourth-order valence-corrected chi connectivity index (χ4v) is 2.12. The van der Waals surface area contributed by atoms with Crippen LogP contribution in [0.25, 0.3) is 0 Å². The van der Waals surface area contributed by atoms with Crippen molar-refractivity contribution in [2.24, 2.45) is 5.73 Å². The Morgan fingerprint density at radius 1 is 0.950 bits per heavy atom. The molecule has 1 atom stereocenters. The van der Waals surface area contributed by atoms with Gasteiger partial charge in [-0.15, -0.1) is 0 Å². The first-order valence-electron chi connectivity index (χ1n) is 7.25. The molecule has 0 fully saturated rings. The Bertz CT molecular complexity index is 491. The van der Waals surface area contributed by atoms with Gasteiger partial charge in [0.1, 0.15) is 12.4 Å². The number of benzene rings is 2. The van der Waals surface area contributed by atoms with Gasteiger partial charge in [0.15, 0.2) is 0 Å². The Kier molecular flexibility index (Phi) is 5.63. The molecule has 0 aliphatic heterocycles. The van der Waals surface area contributed by atoms with Crippen molar-refractivity contribution in [1.82, 2.24) is 0 Å². The largest absolute Gasteiger partial charge is 0.489 e. The number of ether oxygens (including phenoxy) is 1. The van der Waals surface area contributed by atoms with Crippen molar-refractivity contribution in [3.63, 3.8) is 0 Å². The highest BCUT2D eigenvalue weighted by molar-refractivity contribution is 5.27. The molecule has 0 radical (unpaired) electrons. The summed E-state index contributed by atoms with van der Waals surface area (Å²) < 4.78 is 5.77. The van der Waals surface area contributed by atoms with Crippen LogP contribution in [0.4, 0.5) is 0 Å². The van der Waals surface area contributed by atoms with Gasteiger partial charge in [-0.1, -0.05) is 42.5 Å². The van der Waals surface area contributed by atoms with Gasteiger partial charge >= 0.3 is 0 Å². The maximum atomic E-state index is 5.77. The van der Waals surface area contributed by atoms with E-state index >= 15 is 0 Å². The van der Waals surface area contributed by atoms with E-state index in [1.807, 2.05) is 30.3 Å². The molecule has 1 unspecified atom stereocenters. The lowest BCUT2D eigenvalue weighted by Gasteiger charge is -2.08. The lowest BCUT2D eigenvalue weighted by molar-refractivity contribution is 0.306. The van der Waals surface area contributed by atoms with Crippen molar-refractivity contribution in [2.45, 2.75) is 38.8 Å². The number of hydrogen-bond donors (Lipinski definition) is 1. The van der Waals surface area contributed by atoms with Gasteiger partial charge in [0.05, 0.1) is 0 Å². The highest BCUT2D eigenvalue weighted by Gasteiger charge is 1.99. The molecule has 0 spiro atoms. The fraction of sp³-hybridized carbons (Fsp3) is 0.333. The van der Waals surface area contributed by atoms with Crippen molar-refractivity contribution < 1.29 is 4.74 Å². The van der Waals surface area contributed by atoms with Crippen LogP contribution in [0.1, 0.15) is 30.9 Å². The molecule has 0 saturated carbocycles. The van der Waals surface area contributed by atoms with Crippen LogP contribution in [-0.4, -0.2) is 6.04 Å². The molecule has 2 N–H and O–H groups in total. The van der Waals surface area contributed by atoms with E-state index in [0.29, 0.717) is 12.6 Å². The summed E-state index contributed by atoms with van der Waals surface area (Å²) in [5.74, 6) is 0.921. The first-order chi connectivity index (χ1) is 9.74. The Balaban J connectivity index is 1.79. The molecular weight excluding hydrogens is 246 g/mol. The van der Waals surface area contributed by atoms with Crippen LogP contribution in [0.15, 0.2) is 54.6 Å². The summed E-state index contributed by atoms with van der Waals surface area (Å²) in [4.78, 5) is 0. The van der Waals surface area contributed by atoms with E-state index < -0.39 is 0 Å². The fourth-order valence-electron chi connectivity index (χ4n) is 2.12. The second kappa shape index (κ2) is 7.71. The molecule has 20 heavy (non-hydrogen) atoms. The molecule has 0 saturated heterocycles. The summed E-state index contributed by atoms with van der Waals surface area (Å²) >= 11 is 0. The Labute approximate surface area is 121 Å². The molecular formula is C18H23NO. The zero-order chi connectivity index (χ0) is 14.2. The van der Waals surface area contributed by atoms with E-state index in [2.05, 4.69) is 31.2 Å². The summed E-state index contributed by atoms with van der Waals surface area (Å²) in [5, 5.41) is 0. The lowest BCUT2D eigenvalue weighted by atomic mass is 10.1. The Morgan fingerprint density at radius 2 is 1.65 bits per heavy atom. The van der Waals surface area contributed by atoms with E-state index in [1.54, 1.807) is 0 Å². The molecule has 2 rings (SSSR count). The third kappa shape index (κ3) is 5.06. The van der Waals surface area contributed by atoms with Gasteiger partial charge in [-0.25, -0.2) is 0 Å². The van der Waals surface area contributed by atoms with Gasteiger partial charge in [-0.2, -0.15) is 0 Å². The molecule has 0 bridgehead atoms. The van der Waals surface area contributed by atoms with Crippen LogP contribution in [0.3, 0.4) is 0 Å². The van der Waals surface area contributed by atoms with Crippen molar-refractivity contribution in [3.05, 3.63) is 65.7 Å². The maximum Gasteiger partial charge on any atom is 0.119 e. The third-order valence-corrected chi connectivity index (χ3v) is 3.30. The quantitative estimate of drug-likeness (QED) is 0.826. The number of hydrogen-bond acceptors (Lipinski definition) is 2. The van der Waals surface area contributed by atoms with Crippen LogP contribution >= 0.6 is 0 Å². The topological polar surface area (TPSA) is 35.2 Å². The average molecular weight is 269 g/mol. The molecule has 2 heteroatoms. The summed E-state index contributed by atoms with van der Waals surface area (Å²) in [6, 6.07) is 18.9. The Morgan fingerprint density at radius 3 is 2.30 bits per heavy atom. The number of rotatable bonds is 7. The predicted molar refractivity (Wildman–Crippen MR) is 83.8 cm³/mol. The van der Waals surface area contributed by atoms with Gasteiger partial charge in [0.2, 0.25) is 0 Å². The Hall–Kier alpha value is -1.80. The molecule has 0 aliphatic rings. The predicted octanol–water partition coefficient (Wildman–Crippen LogP) is 3.94. The highest BCUT2D eigenvalue weighted by Crippen LogP contribution is 2.15. The van der Waals surface area contributed by atoms with Crippen LogP contribution in [-0.2, 0) is 13.0 Å². The molecule has 0 aliphatic carbocycles. The van der Waals surface area contributed by atoms with Gasteiger partial charge in [-0.3, -0.25) is 0 Å².